The lowest BCUT2D eigenvalue weighted by Gasteiger charge is -2.08. The summed E-state index contributed by atoms with van der Waals surface area (Å²) in [5.41, 5.74) is 1.37. The van der Waals surface area contributed by atoms with Crippen LogP contribution in [-0.2, 0) is 9.53 Å². The second kappa shape index (κ2) is 6.98. The number of halogens is 1. The largest absolute Gasteiger partial charge is 0.378 e. The molecular weight excluding hydrogens is 303 g/mol. The monoisotopic (exact) mass is 320 g/mol. The van der Waals surface area contributed by atoms with E-state index in [1.165, 1.54) is 23.5 Å². The minimum atomic E-state index is -0.298. The SMILES string of the molecule is O=C(CCC1CCCO1)Nc1nc(-c2cccc(F)c2)cs1. The number of benzene rings is 1. The number of amides is 1. The molecule has 1 aromatic heterocycles. The molecule has 2 heterocycles. The second-order valence-electron chi connectivity index (χ2n) is 5.27. The number of nitrogens with one attached hydrogen (secondary N) is 1. The number of thiazole rings is 1. The fourth-order valence-electron chi connectivity index (χ4n) is 2.46. The summed E-state index contributed by atoms with van der Waals surface area (Å²) in [5, 5.41) is 5.14. The van der Waals surface area contributed by atoms with Crippen LogP contribution in [-0.4, -0.2) is 23.6 Å². The van der Waals surface area contributed by atoms with Gasteiger partial charge in [-0.15, -0.1) is 11.3 Å². The highest BCUT2D eigenvalue weighted by molar-refractivity contribution is 7.14. The van der Waals surface area contributed by atoms with Crippen LogP contribution in [0.2, 0.25) is 0 Å². The van der Waals surface area contributed by atoms with E-state index in [1.54, 1.807) is 12.1 Å². The number of carbonyl (C=O) groups excluding carboxylic acids is 1. The minimum absolute atomic E-state index is 0.0596. The zero-order valence-corrected chi connectivity index (χ0v) is 12.9. The number of aromatic nitrogens is 1. The maximum Gasteiger partial charge on any atom is 0.226 e. The number of carbonyl (C=O) groups is 1. The number of hydrogen-bond acceptors (Lipinski definition) is 4. The van der Waals surface area contributed by atoms with Crippen LogP contribution in [0, 0.1) is 5.82 Å². The van der Waals surface area contributed by atoms with Crippen LogP contribution in [0.15, 0.2) is 29.6 Å². The van der Waals surface area contributed by atoms with Gasteiger partial charge in [0.2, 0.25) is 5.91 Å². The van der Waals surface area contributed by atoms with Crippen LogP contribution in [0.1, 0.15) is 25.7 Å². The molecular formula is C16H17FN2O2S. The summed E-state index contributed by atoms with van der Waals surface area (Å²) in [5.74, 6) is -0.358. The average Bonchev–Trinajstić information content (AvgIpc) is 3.16. The molecule has 0 bridgehead atoms. The van der Waals surface area contributed by atoms with Gasteiger partial charge in [-0.25, -0.2) is 9.37 Å². The molecule has 1 atom stereocenters. The smallest absolute Gasteiger partial charge is 0.226 e. The molecule has 6 heteroatoms. The topological polar surface area (TPSA) is 51.2 Å². The van der Waals surface area contributed by atoms with Crippen molar-refractivity contribution in [2.45, 2.75) is 31.8 Å². The molecule has 1 N–H and O–H groups in total. The second-order valence-corrected chi connectivity index (χ2v) is 6.13. The summed E-state index contributed by atoms with van der Waals surface area (Å²) >= 11 is 1.34. The number of ether oxygens (including phenoxy) is 1. The molecule has 2 aromatic rings. The Kier molecular flexibility index (Phi) is 4.80. The Morgan fingerprint density at radius 2 is 2.41 bits per heavy atom. The Morgan fingerprint density at radius 3 is 3.18 bits per heavy atom. The van der Waals surface area contributed by atoms with Gasteiger partial charge in [0.1, 0.15) is 5.82 Å². The van der Waals surface area contributed by atoms with Crippen LogP contribution in [0.5, 0.6) is 0 Å². The average molecular weight is 320 g/mol. The van der Waals surface area contributed by atoms with Crippen molar-refractivity contribution in [1.82, 2.24) is 4.98 Å². The molecule has 116 valence electrons. The first-order chi connectivity index (χ1) is 10.7. The minimum Gasteiger partial charge on any atom is -0.378 e. The lowest BCUT2D eigenvalue weighted by molar-refractivity contribution is -0.116. The van der Waals surface area contributed by atoms with Crippen molar-refractivity contribution in [3.05, 3.63) is 35.5 Å². The number of rotatable bonds is 5. The summed E-state index contributed by atoms with van der Waals surface area (Å²) < 4.78 is 18.7. The molecule has 0 radical (unpaired) electrons. The molecule has 1 aliphatic heterocycles. The van der Waals surface area contributed by atoms with Gasteiger partial charge < -0.3 is 10.1 Å². The Hall–Kier alpha value is -1.79. The third-order valence-corrected chi connectivity index (χ3v) is 4.35. The Labute approximate surface area is 132 Å². The van der Waals surface area contributed by atoms with E-state index in [-0.39, 0.29) is 17.8 Å². The molecule has 1 aromatic carbocycles. The normalized spacial score (nSPS) is 17.6. The number of anilines is 1. The lowest BCUT2D eigenvalue weighted by atomic mass is 10.1. The van der Waals surface area contributed by atoms with Crippen LogP contribution >= 0.6 is 11.3 Å². The zero-order valence-electron chi connectivity index (χ0n) is 12.0. The van der Waals surface area contributed by atoms with Gasteiger partial charge >= 0.3 is 0 Å². The van der Waals surface area contributed by atoms with Crippen molar-refractivity contribution in [1.29, 1.82) is 0 Å². The fourth-order valence-corrected chi connectivity index (χ4v) is 3.19. The van der Waals surface area contributed by atoms with Gasteiger partial charge in [0, 0.05) is 24.0 Å². The van der Waals surface area contributed by atoms with Crippen LogP contribution < -0.4 is 5.32 Å². The first-order valence-corrected chi connectivity index (χ1v) is 8.21. The molecule has 0 aliphatic carbocycles. The summed E-state index contributed by atoms with van der Waals surface area (Å²) in [6.07, 6.45) is 3.50. The van der Waals surface area contributed by atoms with E-state index in [0.29, 0.717) is 22.8 Å². The summed E-state index contributed by atoms with van der Waals surface area (Å²) in [7, 11) is 0. The lowest BCUT2D eigenvalue weighted by Crippen LogP contribution is -2.15. The van der Waals surface area contributed by atoms with Gasteiger partial charge in [0.25, 0.3) is 0 Å². The molecule has 1 saturated heterocycles. The highest BCUT2D eigenvalue weighted by atomic mass is 32.1. The van der Waals surface area contributed by atoms with Gasteiger partial charge in [-0.3, -0.25) is 4.79 Å². The molecule has 3 rings (SSSR count). The van der Waals surface area contributed by atoms with Crippen LogP contribution in [0.3, 0.4) is 0 Å². The third kappa shape index (κ3) is 3.90. The number of nitrogens with zero attached hydrogens (tertiary/aromatic N) is 1. The molecule has 1 fully saturated rings. The van der Waals surface area contributed by atoms with Crippen molar-refractivity contribution >= 4 is 22.4 Å². The van der Waals surface area contributed by atoms with Gasteiger partial charge in [-0.2, -0.15) is 0 Å². The van der Waals surface area contributed by atoms with Crippen LogP contribution in [0.25, 0.3) is 11.3 Å². The van der Waals surface area contributed by atoms with Crippen molar-refractivity contribution in [2.75, 3.05) is 11.9 Å². The highest BCUT2D eigenvalue weighted by Crippen LogP contribution is 2.25. The van der Waals surface area contributed by atoms with Crippen molar-refractivity contribution in [2.24, 2.45) is 0 Å². The number of hydrogen-bond donors (Lipinski definition) is 1. The van der Waals surface area contributed by atoms with Crippen molar-refractivity contribution in [3.8, 4) is 11.3 Å². The van der Waals surface area contributed by atoms with E-state index in [4.69, 9.17) is 4.74 Å². The summed E-state index contributed by atoms with van der Waals surface area (Å²) in [6, 6.07) is 6.26. The molecule has 22 heavy (non-hydrogen) atoms. The molecule has 1 aliphatic rings. The maximum absolute atomic E-state index is 13.2. The van der Waals surface area contributed by atoms with E-state index in [1.807, 2.05) is 5.38 Å². The van der Waals surface area contributed by atoms with E-state index < -0.39 is 0 Å². The third-order valence-electron chi connectivity index (χ3n) is 3.59. The van der Waals surface area contributed by atoms with E-state index in [0.717, 1.165) is 25.9 Å². The molecule has 4 nitrogen and oxygen atoms in total. The van der Waals surface area contributed by atoms with Crippen LogP contribution in [0.4, 0.5) is 9.52 Å². The van der Waals surface area contributed by atoms with E-state index >= 15 is 0 Å². The van der Waals surface area contributed by atoms with Gasteiger partial charge in [0.15, 0.2) is 5.13 Å². The molecule has 0 saturated carbocycles. The highest BCUT2D eigenvalue weighted by Gasteiger charge is 2.17. The Bertz CT molecular complexity index is 653. The summed E-state index contributed by atoms with van der Waals surface area (Å²) in [6.45, 7) is 0.801. The quantitative estimate of drug-likeness (QED) is 0.910. The predicted molar refractivity (Wildman–Crippen MR) is 84.3 cm³/mol. The van der Waals surface area contributed by atoms with Gasteiger partial charge in [-0.05, 0) is 31.4 Å². The Morgan fingerprint density at radius 1 is 1.50 bits per heavy atom. The zero-order chi connectivity index (χ0) is 15.4. The maximum atomic E-state index is 13.2. The van der Waals surface area contributed by atoms with Gasteiger partial charge in [0.05, 0.1) is 11.8 Å². The molecule has 0 spiro atoms. The first kappa shape index (κ1) is 15.1. The molecule has 1 amide bonds. The van der Waals surface area contributed by atoms with Crippen molar-refractivity contribution in [3.63, 3.8) is 0 Å². The van der Waals surface area contributed by atoms with Gasteiger partial charge in [-0.1, -0.05) is 12.1 Å². The predicted octanol–water partition coefficient (Wildman–Crippen LogP) is 3.85. The van der Waals surface area contributed by atoms with E-state index in [9.17, 15) is 9.18 Å². The molecule has 1 unspecified atom stereocenters. The Balaban J connectivity index is 1.55. The van der Waals surface area contributed by atoms with Crippen molar-refractivity contribution < 1.29 is 13.9 Å². The fraction of sp³-hybridized carbons (Fsp3) is 0.375. The standard InChI is InChI=1S/C16H17FN2O2S/c17-12-4-1-3-11(9-12)14-10-22-16(18-14)19-15(20)7-6-13-5-2-8-21-13/h1,3-4,9-10,13H,2,5-8H2,(H,18,19,20). The summed E-state index contributed by atoms with van der Waals surface area (Å²) in [4.78, 5) is 16.2. The van der Waals surface area contributed by atoms with E-state index in [2.05, 4.69) is 10.3 Å². The first-order valence-electron chi connectivity index (χ1n) is 7.33.